The second kappa shape index (κ2) is 8.47. The number of hydrogen-bond donors (Lipinski definition) is 2. The molecule has 34 heavy (non-hydrogen) atoms. The number of nitrogens with zero attached hydrogens (tertiary/aromatic N) is 3. The molecule has 14 heteroatoms. The van der Waals surface area contributed by atoms with Gasteiger partial charge in [0.2, 0.25) is 5.88 Å². The summed E-state index contributed by atoms with van der Waals surface area (Å²) in [6, 6.07) is 8.43. The highest BCUT2D eigenvalue weighted by molar-refractivity contribution is 7.90. The van der Waals surface area contributed by atoms with Crippen molar-refractivity contribution in [2.75, 3.05) is 6.61 Å². The zero-order chi connectivity index (χ0) is 24.7. The van der Waals surface area contributed by atoms with E-state index in [1.54, 1.807) is 0 Å². The lowest BCUT2D eigenvalue weighted by atomic mass is 10.1. The fraction of sp³-hybridized carbons (Fsp3) is 0.250. The molecule has 180 valence electrons. The minimum absolute atomic E-state index is 0.000360. The molecule has 4 rings (SSSR count). The van der Waals surface area contributed by atoms with Gasteiger partial charge in [0.15, 0.2) is 5.82 Å². The Kier molecular flexibility index (Phi) is 5.94. The summed E-state index contributed by atoms with van der Waals surface area (Å²) >= 11 is 6.06. The van der Waals surface area contributed by atoms with Crippen LogP contribution in [0, 0.1) is 5.41 Å². The summed E-state index contributed by atoms with van der Waals surface area (Å²) in [6.45, 7) is -0.545. The van der Waals surface area contributed by atoms with Gasteiger partial charge in [-0.3, -0.25) is 4.79 Å². The molecule has 2 aromatic heterocycles. The topological polar surface area (TPSA) is 123 Å². The van der Waals surface area contributed by atoms with Crippen LogP contribution in [0.25, 0.3) is 5.82 Å². The SMILES string of the molecule is O=C(NS(=O)(=O)c1ccc(O)cc1)c1ccc(-n2ccc(OCC3(C(F)(F)F)CC3)n2)nc1Cl. The Balaban J connectivity index is 1.45. The van der Waals surface area contributed by atoms with E-state index in [1.165, 1.54) is 29.1 Å². The lowest BCUT2D eigenvalue weighted by Crippen LogP contribution is -2.31. The van der Waals surface area contributed by atoms with E-state index in [1.807, 2.05) is 4.72 Å². The highest BCUT2D eigenvalue weighted by atomic mass is 35.5. The third-order valence-electron chi connectivity index (χ3n) is 5.20. The van der Waals surface area contributed by atoms with Gasteiger partial charge in [-0.25, -0.2) is 22.8 Å². The standard InChI is InChI=1S/C20H16ClF3N4O5S/c21-17-14(18(30)27-34(31,32)13-3-1-12(29)2-4-13)5-6-15(25-17)28-10-7-16(26-28)33-11-19(8-9-19)20(22,23)24/h1-7,10,29H,8-9,11H2,(H,27,30). The molecule has 0 bridgehead atoms. The molecule has 0 aliphatic heterocycles. The summed E-state index contributed by atoms with van der Waals surface area (Å²) in [6.07, 6.45) is -2.96. The lowest BCUT2D eigenvalue weighted by Gasteiger charge is -2.18. The largest absolute Gasteiger partial charge is 0.508 e. The van der Waals surface area contributed by atoms with Crippen molar-refractivity contribution >= 4 is 27.5 Å². The maximum Gasteiger partial charge on any atom is 0.397 e. The van der Waals surface area contributed by atoms with Crippen LogP contribution in [0.2, 0.25) is 5.15 Å². The first kappa shape index (κ1) is 23.8. The number of phenols is 1. The van der Waals surface area contributed by atoms with E-state index in [9.17, 15) is 31.5 Å². The van der Waals surface area contributed by atoms with E-state index in [2.05, 4.69) is 10.1 Å². The Labute approximate surface area is 196 Å². The predicted molar refractivity (Wildman–Crippen MR) is 112 cm³/mol. The molecule has 1 fully saturated rings. The van der Waals surface area contributed by atoms with Crippen molar-refractivity contribution in [3.63, 3.8) is 0 Å². The number of alkyl halides is 3. The van der Waals surface area contributed by atoms with Crippen molar-refractivity contribution in [1.82, 2.24) is 19.5 Å². The van der Waals surface area contributed by atoms with Crippen molar-refractivity contribution in [1.29, 1.82) is 0 Å². The van der Waals surface area contributed by atoms with E-state index in [0.29, 0.717) is 0 Å². The molecule has 0 atom stereocenters. The van der Waals surface area contributed by atoms with E-state index < -0.39 is 34.1 Å². The summed E-state index contributed by atoms with van der Waals surface area (Å²) in [5, 5.41) is 12.9. The van der Waals surface area contributed by atoms with Gasteiger partial charge >= 0.3 is 6.18 Å². The van der Waals surface area contributed by atoms with Gasteiger partial charge < -0.3 is 9.84 Å². The van der Waals surface area contributed by atoms with Crippen LogP contribution >= 0.6 is 11.6 Å². The number of phenolic OH excluding ortho intramolecular Hbond substituents is 1. The normalized spacial score (nSPS) is 15.1. The number of ether oxygens (including phenoxy) is 1. The first-order valence-corrected chi connectivity index (χ1v) is 11.5. The Morgan fingerprint density at radius 2 is 1.85 bits per heavy atom. The minimum atomic E-state index is -4.35. The highest BCUT2D eigenvalue weighted by Crippen LogP contribution is 2.57. The molecule has 1 aliphatic rings. The van der Waals surface area contributed by atoms with Crippen LogP contribution in [0.5, 0.6) is 11.6 Å². The smallest absolute Gasteiger partial charge is 0.397 e. The van der Waals surface area contributed by atoms with Crippen LogP contribution in [-0.2, 0) is 10.0 Å². The zero-order valence-corrected chi connectivity index (χ0v) is 18.7. The maximum atomic E-state index is 13.0. The molecule has 9 nitrogen and oxygen atoms in total. The maximum absolute atomic E-state index is 13.0. The summed E-state index contributed by atoms with van der Waals surface area (Å²) < 4.78 is 72.0. The number of aromatic nitrogens is 3. The van der Waals surface area contributed by atoms with Gasteiger partial charge in [0.1, 0.15) is 22.9 Å². The number of nitrogens with one attached hydrogen (secondary N) is 1. The first-order valence-electron chi connectivity index (χ1n) is 9.69. The van der Waals surface area contributed by atoms with Gasteiger partial charge in [0.25, 0.3) is 15.9 Å². The number of sulfonamides is 1. The third-order valence-corrected chi connectivity index (χ3v) is 6.84. The number of halogens is 4. The number of pyridine rings is 1. The zero-order valence-electron chi connectivity index (χ0n) is 17.1. The molecule has 0 unspecified atom stereocenters. The molecule has 2 N–H and O–H groups in total. The van der Waals surface area contributed by atoms with Crippen molar-refractivity contribution in [3.05, 3.63) is 59.4 Å². The van der Waals surface area contributed by atoms with Gasteiger partial charge in [0.05, 0.1) is 10.5 Å². The van der Waals surface area contributed by atoms with Crippen LogP contribution in [0.1, 0.15) is 23.2 Å². The van der Waals surface area contributed by atoms with Gasteiger partial charge in [-0.1, -0.05) is 11.6 Å². The minimum Gasteiger partial charge on any atom is -0.508 e. The number of amides is 1. The number of benzene rings is 1. The number of rotatable bonds is 7. The summed E-state index contributed by atoms with van der Waals surface area (Å²) in [5.41, 5.74) is -2.08. The molecule has 1 aromatic carbocycles. The van der Waals surface area contributed by atoms with Crippen LogP contribution in [0.15, 0.2) is 53.6 Å². The highest BCUT2D eigenvalue weighted by Gasteiger charge is 2.64. The van der Waals surface area contributed by atoms with Crippen LogP contribution in [0.4, 0.5) is 13.2 Å². The molecule has 2 heterocycles. The molecular weight excluding hydrogens is 501 g/mol. The van der Waals surface area contributed by atoms with Crippen molar-refractivity contribution in [2.45, 2.75) is 23.9 Å². The monoisotopic (exact) mass is 516 g/mol. The molecule has 0 radical (unpaired) electrons. The van der Waals surface area contributed by atoms with Gasteiger partial charge in [-0.05, 0) is 49.2 Å². The van der Waals surface area contributed by atoms with Gasteiger partial charge in [-0.15, -0.1) is 5.10 Å². The summed E-state index contributed by atoms with van der Waals surface area (Å²) in [7, 11) is -4.24. The number of hydrogen-bond acceptors (Lipinski definition) is 7. The third kappa shape index (κ3) is 4.80. The first-order chi connectivity index (χ1) is 15.9. The number of carbonyl (C=O) groups is 1. The summed E-state index contributed by atoms with van der Waals surface area (Å²) in [5.74, 6) is -1.11. The summed E-state index contributed by atoms with van der Waals surface area (Å²) in [4.78, 5) is 16.2. The molecule has 0 spiro atoms. The lowest BCUT2D eigenvalue weighted by molar-refractivity contribution is -0.194. The molecule has 1 amide bonds. The van der Waals surface area contributed by atoms with Crippen LogP contribution < -0.4 is 9.46 Å². The second-order valence-electron chi connectivity index (χ2n) is 7.60. The number of carbonyl (C=O) groups excluding carboxylic acids is 1. The second-order valence-corrected chi connectivity index (χ2v) is 9.64. The van der Waals surface area contributed by atoms with E-state index in [0.717, 1.165) is 24.3 Å². The van der Waals surface area contributed by atoms with E-state index in [4.69, 9.17) is 16.3 Å². The van der Waals surface area contributed by atoms with E-state index >= 15 is 0 Å². The van der Waals surface area contributed by atoms with Gasteiger partial charge in [0, 0.05) is 12.3 Å². The average molecular weight is 517 g/mol. The molecular formula is C20H16ClF3N4O5S. The molecule has 1 aliphatic carbocycles. The molecule has 3 aromatic rings. The predicted octanol–water partition coefficient (Wildman–Crippen LogP) is 3.47. The van der Waals surface area contributed by atoms with Crippen molar-refractivity contribution in [3.8, 4) is 17.4 Å². The van der Waals surface area contributed by atoms with Crippen molar-refractivity contribution in [2.24, 2.45) is 5.41 Å². The van der Waals surface area contributed by atoms with E-state index in [-0.39, 0.29) is 45.9 Å². The van der Waals surface area contributed by atoms with Crippen LogP contribution in [-0.4, -0.2) is 47.0 Å². The van der Waals surface area contributed by atoms with Gasteiger partial charge in [-0.2, -0.15) is 13.2 Å². The Morgan fingerprint density at radius 3 is 2.44 bits per heavy atom. The van der Waals surface area contributed by atoms with Crippen molar-refractivity contribution < 1.29 is 36.2 Å². The molecule has 1 saturated carbocycles. The Hall–Kier alpha value is -3.32. The Bertz CT molecular complexity index is 1340. The number of aromatic hydroxyl groups is 1. The molecule has 0 saturated heterocycles. The fourth-order valence-corrected chi connectivity index (χ4v) is 4.17. The fourth-order valence-electron chi connectivity index (χ4n) is 2.97. The quantitative estimate of drug-likeness (QED) is 0.461. The van der Waals surface area contributed by atoms with Crippen LogP contribution in [0.3, 0.4) is 0 Å². The Morgan fingerprint density at radius 1 is 1.18 bits per heavy atom. The average Bonchev–Trinajstić information content (AvgIpc) is 3.42.